The number of carbonyl (C=O) groups is 2. The Labute approximate surface area is 151 Å². The van der Waals surface area contributed by atoms with E-state index >= 15 is 0 Å². The number of ether oxygens (including phenoxy) is 2. The van der Waals surface area contributed by atoms with E-state index in [2.05, 4.69) is 16.0 Å². The van der Waals surface area contributed by atoms with Crippen molar-refractivity contribution >= 4 is 23.4 Å². The van der Waals surface area contributed by atoms with Crippen LogP contribution in [0.2, 0.25) is 0 Å². The SMILES string of the molecule is CC(C)(C)OC(=O)NCC(O)C(O)CNc1ccc2c(c1)NC(=O)CO2. The summed E-state index contributed by atoms with van der Waals surface area (Å²) >= 11 is 0. The number of fused-ring (bicyclic) bond motifs is 1. The van der Waals surface area contributed by atoms with Crippen molar-refractivity contribution in [2.75, 3.05) is 30.3 Å². The van der Waals surface area contributed by atoms with E-state index in [4.69, 9.17) is 9.47 Å². The molecule has 1 aliphatic rings. The fraction of sp³-hybridized carbons (Fsp3) is 0.529. The van der Waals surface area contributed by atoms with E-state index in [1.807, 2.05) is 0 Å². The van der Waals surface area contributed by atoms with Gasteiger partial charge in [0.1, 0.15) is 11.4 Å². The molecule has 9 nitrogen and oxygen atoms in total. The van der Waals surface area contributed by atoms with Gasteiger partial charge in [0.15, 0.2) is 6.61 Å². The monoisotopic (exact) mass is 367 g/mol. The standard InChI is InChI=1S/C17H25N3O6/c1-17(2,3)26-16(24)19-8-13(22)12(21)7-18-10-4-5-14-11(6-10)20-15(23)9-25-14/h4-6,12-13,18,21-22H,7-9H2,1-3H3,(H,19,24)(H,20,23). The fourth-order valence-corrected chi connectivity index (χ4v) is 2.19. The van der Waals surface area contributed by atoms with Crippen molar-refractivity contribution in [3.8, 4) is 5.75 Å². The molecule has 2 atom stereocenters. The second-order valence-electron chi connectivity index (χ2n) is 6.95. The maximum Gasteiger partial charge on any atom is 0.407 e. The van der Waals surface area contributed by atoms with E-state index in [0.717, 1.165) is 0 Å². The van der Waals surface area contributed by atoms with Gasteiger partial charge in [0.25, 0.3) is 5.91 Å². The number of benzene rings is 1. The van der Waals surface area contributed by atoms with Gasteiger partial charge < -0.3 is 35.6 Å². The van der Waals surface area contributed by atoms with Gasteiger partial charge in [0.2, 0.25) is 0 Å². The third-order valence-corrected chi connectivity index (χ3v) is 3.43. The Morgan fingerprint density at radius 1 is 1.31 bits per heavy atom. The predicted molar refractivity (Wildman–Crippen MR) is 95.3 cm³/mol. The summed E-state index contributed by atoms with van der Waals surface area (Å²) in [6, 6.07) is 5.10. The molecule has 0 radical (unpaired) electrons. The molecule has 1 aromatic rings. The van der Waals surface area contributed by atoms with Crippen LogP contribution in [0.15, 0.2) is 18.2 Å². The Balaban J connectivity index is 1.79. The second kappa shape index (κ2) is 8.24. The molecule has 1 aliphatic heterocycles. The lowest BCUT2D eigenvalue weighted by Crippen LogP contribution is -2.43. The fourth-order valence-electron chi connectivity index (χ4n) is 2.19. The molecule has 0 aliphatic carbocycles. The number of aliphatic hydroxyl groups is 2. The minimum atomic E-state index is -1.17. The number of aliphatic hydroxyl groups excluding tert-OH is 2. The molecule has 0 saturated carbocycles. The first-order valence-corrected chi connectivity index (χ1v) is 8.27. The van der Waals surface area contributed by atoms with Crippen molar-refractivity contribution in [3.05, 3.63) is 18.2 Å². The molecule has 0 fully saturated rings. The van der Waals surface area contributed by atoms with E-state index in [1.54, 1.807) is 39.0 Å². The van der Waals surface area contributed by atoms with Gasteiger partial charge in [-0.15, -0.1) is 0 Å². The minimum absolute atomic E-state index is 0.0185. The molecule has 9 heteroatoms. The topological polar surface area (TPSA) is 129 Å². The highest BCUT2D eigenvalue weighted by atomic mass is 16.6. The smallest absolute Gasteiger partial charge is 0.407 e. The molecule has 2 amide bonds. The highest BCUT2D eigenvalue weighted by Crippen LogP contribution is 2.30. The highest BCUT2D eigenvalue weighted by molar-refractivity contribution is 5.96. The van der Waals surface area contributed by atoms with E-state index in [1.165, 1.54) is 0 Å². The van der Waals surface area contributed by atoms with Crippen LogP contribution < -0.4 is 20.7 Å². The van der Waals surface area contributed by atoms with Crippen LogP contribution in [0.25, 0.3) is 0 Å². The number of rotatable bonds is 6. The maximum absolute atomic E-state index is 11.5. The van der Waals surface area contributed by atoms with Crippen LogP contribution in [0.5, 0.6) is 5.75 Å². The summed E-state index contributed by atoms with van der Waals surface area (Å²) in [6.07, 6.45) is -2.95. The molecular formula is C17H25N3O6. The zero-order chi connectivity index (χ0) is 19.3. The molecule has 1 aromatic carbocycles. The summed E-state index contributed by atoms with van der Waals surface area (Å²) in [7, 11) is 0. The molecule has 0 aromatic heterocycles. The number of amides is 2. The third-order valence-electron chi connectivity index (χ3n) is 3.43. The van der Waals surface area contributed by atoms with Crippen LogP contribution in [0.3, 0.4) is 0 Å². The Bertz CT molecular complexity index is 658. The normalized spacial score (nSPS) is 15.8. The van der Waals surface area contributed by atoms with E-state index in [-0.39, 0.29) is 25.6 Å². The summed E-state index contributed by atoms with van der Waals surface area (Å²) in [5.74, 6) is 0.329. The van der Waals surface area contributed by atoms with E-state index in [9.17, 15) is 19.8 Å². The van der Waals surface area contributed by atoms with Crippen molar-refractivity contribution in [1.82, 2.24) is 5.32 Å². The van der Waals surface area contributed by atoms with Crippen molar-refractivity contribution in [2.24, 2.45) is 0 Å². The summed E-state index contributed by atoms with van der Waals surface area (Å²) in [5.41, 5.74) is 0.537. The average Bonchev–Trinajstić information content (AvgIpc) is 2.55. The Hall–Kier alpha value is -2.52. The van der Waals surface area contributed by atoms with Crippen LogP contribution in [-0.2, 0) is 9.53 Å². The van der Waals surface area contributed by atoms with Crippen LogP contribution in [0, 0.1) is 0 Å². The molecule has 0 spiro atoms. The highest BCUT2D eigenvalue weighted by Gasteiger charge is 2.21. The maximum atomic E-state index is 11.5. The molecule has 2 rings (SSSR count). The zero-order valence-electron chi connectivity index (χ0n) is 15.0. The molecular weight excluding hydrogens is 342 g/mol. The first-order chi connectivity index (χ1) is 12.1. The van der Waals surface area contributed by atoms with Crippen molar-refractivity contribution < 1.29 is 29.3 Å². The quantitative estimate of drug-likeness (QED) is 0.500. The van der Waals surface area contributed by atoms with Gasteiger partial charge in [-0.2, -0.15) is 0 Å². The van der Waals surface area contributed by atoms with Gasteiger partial charge in [-0.25, -0.2) is 4.79 Å². The van der Waals surface area contributed by atoms with Gasteiger partial charge >= 0.3 is 6.09 Å². The lowest BCUT2D eigenvalue weighted by Gasteiger charge is -2.23. The number of anilines is 2. The second-order valence-corrected chi connectivity index (χ2v) is 6.95. The summed E-state index contributed by atoms with van der Waals surface area (Å²) in [6.45, 7) is 5.07. The number of hydrogen-bond donors (Lipinski definition) is 5. The molecule has 0 bridgehead atoms. The van der Waals surface area contributed by atoms with Gasteiger partial charge in [-0.1, -0.05) is 0 Å². The largest absolute Gasteiger partial charge is 0.482 e. The molecule has 0 saturated heterocycles. The summed E-state index contributed by atoms with van der Waals surface area (Å²) in [5, 5.41) is 28.0. The molecule has 26 heavy (non-hydrogen) atoms. The summed E-state index contributed by atoms with van der Waals surface area (Å²) < 4.78 is 10.3. The van der Waals surface area contributed by atoms with Gasteiger partial charge in [-0.05, 0) is 39.0 Å². The predicted octanol–water partition coefficient (Wildman–Crippen LogP) is 0.676. The molecule has 5 N–H and O–H groups in total. The Morgan fingerprint density at radius 2 is 2.00 bits per heavy atom. The van der Waals surface area contributed by atoms with Crippen molar-refractivity contribution in [2.45, 2.75) is 38.6 Å². The van der Waals surface area contributed by atoms with Crippen LogP contribution in [0.1, 0.15) is 20.8 Å². The third kappa shape index (κ3) is 6.08. The number of alkyl carbamates (subject to hydrolysis) is 1. The molecule has 1 heterocycles. The first-order valence-electron chi connectivity index (χ1n) is 8.27. The van der Waals surface area contributed by atoms with Gasteiger partial charge in [0.05, 0.1) is 17.9 Å². The number of carbonyl (C=O) groups excluding carboxylic acids is 2. The van der Waals surface area contributed by atoms with Crippen molar-refractivity contribution in [3.63, 3.8) is 0 Å². The van der Waals surface area contributed by atoms with Gasteiger partial charge in [-0.3, -0.25) is 4.79 Å². The summed E-state index contributed by atoms with van der Waals surface area (Å²) in [4.78, 5) is 22.9. The average molecular weight is 367 g/mol. The first kappa shape index (κ1) is 19.8. The Morgan fingerprint density at radius 3 is 2.69 bits per heavy atom. The van der Waals surface area contributed by atoms with E-state index in [0.29, 0.717) is 17.1 Å². The van der Waals surface area contributed by atoms with E-state index < -0.39 is 23.9 Å². The lowest BCUT2D eigenvalue weighted by atomic mass is 10.2. The van der Waals surface area contributed by atoms with Crippen LogP contribution >= 0.6 is 0 Å². The molecule has 144 valence electrons. The number of nitrogens with one attached hydrogen (secondary N) is 3. The van der Waals surface area contributed by atoms with Crippen molar-refractivity contribution in [1.29, 1.82) is 0 Å². The van der Waals surface area contributed by atoms with Crippen LogP contribution in [0.4, 0.5) is 16.2 Å². The minimum Gasteiger partial charge on any atom is -0.482 e. The lowest BCUT2D eigenvalue weighted by molar-refractivity contribution is -0.118. The molecule has 2 unspecified atom stereocenters. The zero-order valence-corrected chi connectivity index (χ0v) is 15.0. The Kier molecular flexibility index (Phi) is 6.27. The van der Waals surface area contributed by atoms with Crippen LogP contribution in [-0.4, -0.2) is 59.7 Å². The van der Waals surface area contributed by atoms with Gasteiger partial charge in [0, 0.05) is 18.8 Å². The number of hydrogen-bond acceptors (Lipinski definition) is 7.